The summed E-state index contributed by atoms with van der Waals surface area (Å²) in [7, 11) is 1.62. The first-order valence-corrected chi connectivity index (χ1v) is 10.2. The largest absolute Gasteiger partial charge is 0.497 e. The average molecular weight is 437 g/mol. The van der Waals surface area contributed by atoms with Crippen molar-refractivity contribution >= 4 is 46.6 Å². The number of anilines is 1. The van der Waals surface area contributed by atoms with Gasteiger partial charge in [-0.3, -0.25) is 4.79 Å². The molecule has 3 rings (SSSR count). The van der Waals surface area contributed by atoms with Gasteiger partial charge in [0.2, 0.25) is 5.91 Å². The van der Waals surface area contributed by atoms with Crippen molar-refractivity contribution < 1.29 is 9.53 Å². The van der Waals surface area contributed by atoms with Gasteiger partial charge < -0.3 is 14.6 Å². The number of hydrogen-bond acceptors (Lipinski definition) is 5. The van der Waals surface area contributed by atoms with E-state index in [0.29, 0.717) is 27.4 Å². The summed E-state index contributed by atoms with van der Waals surface area (Å²) in [5.41, 5.74) is 1.38. The predicted molar refractivity (Wildman–Crippen MR) is 113 cm³/mol. The van der Waals surface area contributed by atoms with Crippen molar-refractivity contribution in [3.8, 4) is 17.1 Å². The first kappa shape index (κ1) is 20.5. The highest BCUT2D eigenvalue weighted by Crippen LogP contribution is 2.30. The molecular weight excluding hydrogens is 419 g/mol. The first-order chi connectivity index (χ1) is 13.5. The fourth-order valence-corrected chi connectivity index (χ4v) is 3.72. The molecular formula is C19H18Cl2N4O2S. The minimum Gasteiger partial charge on any atom is -0.497 e. The number of benzene rings is 2. The normalized spacial score (nSPS) is 10.7. The first-order valence-electron chi connectivity index (χ1n) is 8.47. The van der Waals surface area contributed by atoms with Crippen LogP contribution in [0.5, 0.6) is 5.75 Å². The number of thioether (sulfide) groups is 1. The standard InChI is InChI=1S/C19H18Cl2N4O2S/c1-3-25-18(12-6-4-7-13(10-12)27-2)23-24-19(25)28-11-16(26)22-15-9-5-8-14(20)17(15)21/h4-10H,3,11H2,1-2H3,(H,22,26). The molecule has 6 nitrogen and oxygen atoms in total. The number of carbonyl (C=O) groups is 1. The third-order valence-electron chi connectivity index (χ3n) is 3.92. The van der Waals surface area contributed by atoms with Crippen molar-refractivity contribution in [1.29, 1.82) is 0 Å². The van der Waals surface area contributed by atoms with Crippen molar-refractivity contribution in [2.24, 2.45) is 0 Å². The Labute approximate surface area is 177 Å². The second-order valence-corrected chi connectivity index (χ2v) is 7.45. The van der Waals surface area contributed by atoms with E-state index in [9.17, 15) is 4.79 Å². The highest BCUT2D eigenvalue weighted by Gasteiger charge is 2.16. The third kappa shape index (κ3) is 4.60. The highest BCUT2D eigenvalue weighted by molar-refractivity contribution is 7.99. The number of amides is 1. The quantitative estimate of drug-likeness (QED) is 0.527. The Kier molecular flexibility index (Phi) is 6.83. The van der Waals surface area contributed by atoms with Crippen LogP contribution in [-0.4, -0.2) is 33.5 Å². The molecule has 2 aromatic carbocycles. The van der Waals surface area contributed by atoms with Crippen molar-refractivity contribution in [3.05, 3.63) is 52.5 Å². The number of nitrogens with zero attached hydrogens (tertiary/aromatic N) is 3. The van der Waals surface area contributed by atoms with Crippen LogP contribution >= 0.6 is 35.0 Å². The summed E-state index contributed by atoms with van der Waals surface area (Å²) >= 11 is 13.4. The van der Waals surface area contributed by atoms with Crippen LogP contribution in [0.2, 0.25) is 10.0 Å². The Balaban J connectivity index is 1.72. The van der Waals surface area contributed by atoms with Crippen molar-refractivity contribution in [2.75, 3.05) is 18.2 Å². The van der Waals surface area contributed by atoms with Crippen LogP contribution in [0.15, 0.2) is 47.6 Å². The second kappa shape index (κ2) is 9.32. The minimum absolute atomic E-state index is 0.166. The van der Waals surface area contributed by atoms with E-state index in [-0.39, 0.29) is 11.7 Å². The van der Waals surface area contributed by atoms with Gasteiger partial charge in [-0.05, 0) is 31.2 Å². The number of methoxy groups -OCH3 is 1. The van der Waals surface area contributed by atoms with E-state index in [0.717, 1.165) is 17.1 Å². The molecule has 1 amide bonds. The number of halogens is 2. The summed E-state index contributed by atoms with van der Waals surface area (Å²) in [6.07, 6.45) is 0. The minimum atomic E-state index is -0.206. The zero-order chi connectivity index (χ0) is 20.1. The van der Waals surface area contributed by atoms with Gasteiger partial charge in [-0.25, -0.2) is 0 Å². The van der Waals surface area contributed by atoms with Gasteiger partial charge in [0.05, 0.1) is 28.6 Å². The van der Waals surface area contributed by atoms with E-state index in [2.05, 4.69) is 15.5 Å². The van der Waals surface area contributed by atoms with Crippen LogP contribution in [0, 0.1) is 0 Å². The highest BCUT2D eigenvalue weighted by atomic mass is 35.5. The van der Waals surface area contributed by atoms with Crippen LogP contribution in [0.3, 0.4) is 0 Å². The SMILES string of the molecule is CCn1c(SCC(=O)Nc2cccc(Cl)c2Cl)nnc1-c1cccc(OC)c1. The molecule has 0 unspecified atom stereocenters. The van der Waals surface area contributed by atoms with Gasteiger partial charge in [0, 0.05) is 12.1 Å². The maximum Gasteiger partial charge on any atom is 0.234 e. The molecule has 3 aromatic rings. The fourth-order valence-electron chi connectivity index (χ4n) is 2.57. The fraction of sp³-hybridized carbons (Fsp3) is 0.211. The maximum absolute atomic E-state index is 12.3. The summed E-state index contributed by atoms with van der Waals surface area (Å²) in [6, 6.07) is 12.7. The molecule has 0 aliphatic heterocycles. The lowest BCUT2D eigenvalue weighted by Gasteiger charge is -2.09. The Morgan fingerprint density at radius 3 is 2.75 bits per heavy atom. The summed E-state index contributed by atoms with van der Waals surface area (Å²) < 4.78 is 7.23. The molecule has 0 saturated carbocycles. The number of aromatic nitrogens is 3. The topological polar surface area (TPSA) is 69.0 Å². The molecule has 1 heterocycles. The van der Waals surface area contributed by atoms with Gasteiger partial charge in [0.25, 0.3) is 0 Å². The molecule has 0 radical (unpaired) electrons. The summed E-state index contributed by atoms with van der Waals surface area (Å²) in [5, 5.41) is 12.7. The van der Waals surface area contributed by atoms with Gasteiger partial charge in [-0.2, -0.15) is 0 Å². The maximum atomic E-state index is 12.3. The molecule has 0 atom stereocenters. The van der Waals surface area contributed by atoms with Gasteiger partial charge >= 0.3 is 0 Å². The third-order valence-corrected chi connectivity index (χ3v) is 5.70. The molecule has 0 aliphatic rings. The monoisotopic (exact) mass is 436 g/mol. The molecule has 0 spiro atoms. The number of hydrogen-bond donors (Lipinski definition) is 1. The summed E-state index contributed by atoms with van der Waals surface area (Å²) in [6.45, 7) is 2.67. The van der Waals surface area contributed by atoms with Crippen LogP contribution in [0.4, 0.5) is 5.69 Å². The predicted octanol–water partition coefficient (Wildman–Crippen LogP) is 5.01. The lowest BCUT2D eigenvalue weighted by Crippen LogP contribution is -2.15. The van der Waals surface area contributed by atoms with E-state index >= 15 is 0 Å². The number of rotatable bonds is 7. The average Bonchev–Trinajstić information content (AvgIpc) is 3.13. The van der Waals surface area contributed by atoms with Crippen LogP contribution < -0.4 is 10.1 Å². The molecule has 146 valence electrons. The number of carbonyl (C=O) groups excluding carboxylic acids is 1. The zero-order valence-corrected chi connectivity index (χ0v) is 17.6. The molecule has 1 N–H and O–H groups in total. The molecule has 0 saturated heterocycles. The Morgan fingerprint density at radius 2 is 2.00 bits per heavy atom. The molecule has 9 heteroatoms. The van der Waals surface area contributed by atoms with Gasteiger partial charge in [-0.15, -0.1) is 10.2 Å². The summed E-state index contributed by atoms with van der Waals surface area (Å²) in [4.78, 5) is 12.3. The lowest BCUT2D eigenvalue weighted by atomic mass is 10.2. The number of ether oxygens (including phenoxy) is 1. The number of nitrogens with one attached hydrogen (secondary N) is 1. The van der Waals surface area contributed by atoms with E-state index in [1.54, 1.807) is 25.3 Å². The Morgan fingerprint density at radius 1 is 1.21 bits per heavy atom. The van der Waals surface area contributed by atoms with E-state index in [1.807, 2.05) is 35.8 Å². The van der Waals surface area contributed by atoms with Crippen molar-refractivity contribution in [3.63, 3.8) is 0 Å². The van der Waals surface area contributed by atoms with Crippen LogP contribution in [0.1, 0.15) is 6.92 Å². The summed E-state index contributed by atoms with van der Waals surface area (Å²) in [5.74, 6) is 1.43. The van der Waals surface area contributed by atoms with E-state index in [1.165, 1.54) is 11.8 Å². The van der Waals surface area contributed by atoms with Crippen molar-refractivity contribution in [2.45, 2.75) is 18.6 Å². The molecule has 0 bridgehead atoms. The van der Waals surface area contributed by atoms with Crippen LogP contribution in [0.25, 0.3) is 11.4 Å². The lowest BCUT2D eigenvalue weighted by molar-refractivity contribution is -0.113. The van der Waals surface area contributed by atoms with Crippen LogP contribution in [-0.2, 0) is 11.3 Å². The van der Waals surface area contributed by atoms with E-state index < -0.39 is 0 Å². The van der Waals surface area contributed by atoms with Crippen molar-refractivity contribution in [1.82, 2.24) is 14.8 Å². The second-order valence-electron chi connectivity index (χ2n) is 5.72. The van der Waals surface area contributed by atoms with E-state index in [4.69, 9.17) is 27.9 Å². The molecule has 0 aliphatic carbocycles. The Bertz CT molecular complexity index is 994. The smallest absolute Gasteiger partial charge is 0.234 e. The van der Waals surface area contributed by atoms with Gasteiger partial charge in [-0.1, -0.05) is 53.2 Å². The molecule has 28 heavy (non-hydrogen) atoms. The van der Waals surface area contributed by atoms with Gasteiger partial charge in [0.15, 0.2) is 11.0 Å². The molecule has 0 fully saturated rings. The van der Waals surface area contributed by atoms with Gasteiger partial charge in [0.1, 0.15) is 5.75 Å². The Hall–Kier alpha value is -2.22. The zero-order valence-electron chi connectivity index (χ0n) is 15.3. The molecule has 1 aromatic heterocycles.